The largest absolute Gasteiger partial charge is 0.457 e. The second-order valence-electron chi connectivity index (χ2n) is 11.4. The Morgan fingerprint density at radius 3 is 2.42 bits per heavy atom. The highest BCUT2D eigenvalue weighted by Gasteiger charge is 2.24. The van der Waals surface area contributed by atoms with Crippen molar-refractivity contribution in [2.24, 2.45) is 7.05 Å². The number of ether oxygens (including phenoxy) is 1. The first-order valence-corrected chi connectivity index (χ1v) is 16.4. The lowest BCUT2D eigenvalue weighted by molar-refractivity contribution is 0.209. The van der Waals surface area contributed by atoms with Gasteiger partial charge in [-0.25, -0.2) is 4.98 Å². The fourth-order valence-electron chi connectivity index (χ4n) is 6.13. The topological polar surface area (TPSA) is 54.1 Å². The van der Waals surface area contributed by atoms with Crippen LogP contribution in [0.3, 0.4) is 0 Å². The molecule has 3 heterocycles. The van der Waals surface area contributed by atoms with E-state index in [0.717, 1.165) is 67.2 Å². The highest BCUT2D eigenvalue weighted by molar-refractivity contribution is 7.12. The maximum Gasteiger partial charge on any atom is 0.127 e. The summed E-state index contributed by atoms with van der Waals surface area (Å²) in [5.41, 5.74) is 5.56. The SMILES string of the molecule is CCc1sc(C2CCN(CCCCc3cn(C)c4ccc(C#N)cc34)CC2)nc1-c1ccc(Oc2ccc(Cl)cc2)cc1. The molecule has 0 radical (unpaired) electrons. The van der Waals surface area contributed by atoms with E-state index in [1.807, 2.05) is 59.9 Å². The standard InChI is InChI=1S/C36H37ClN4OS/c1-3-34-35(26-8-12-30(13-9-26)42-31-14-10-29(37)11-15-31)39-36(43-34)27-17-20-41(21-18-27)19-5-4-6-28-24-40(2)33-16-7-25(23-38)22-32(28)33/h7-16,22,24,27H,3-6,17-21H2,1-2H3. The number of benzene rings is 3. The number of halogens is 1. The number of piperidine rings is 1. The van der Waals surface area contributed by atoms with Gasteiger partial charge in [-0.15, -0.1) is 11.3 Å². The van der Waals surface area contributed by atoms with Gasteiger partial charge in [-0.05, 0) is 130 Å². The average Bonchev–Trinajstić information content (AvgIpc) is 3.62. The first-order chi connectivity index (χ1) is 21.0. The highest BCUT2D eigenvalue weighted by atomic mass is 35.5. The lowest BCUT2D eigenvalue weighted by Gasteiger charge is -2.31. The smallest absolute Gasteiger partial charge is 0.127 e. The van der Waals surface area contributed by atoms with Crippen LogP contribution in [0.2, 0.25) is 5.02 Å². The zero-order valence-electron chi connectivity index (χ0n) is 24.9. The third-order valence-electron chi connectivity index (χ3n) is 8.52. The van der Waals surface area contributed by atoms with Gasteiger partial charge in [-0.1, -0.05) is 18.5 Å². The lowest BCUT2D eigenvalue weighted by atomic mass is 9.97. The summed E-state index contributed by atoms with van der Waals surface area (Å²) in [6.45, 7) is 5.64. The first kappa shape index (κ1) is 29.4. The number of likely N-dealkylation sites (tertiary alicyclic amines) is 1. The number of fused-ring (bicyclic) bond motifs is 1. The van der Waals surface area contributed by atoms with Gasteiger partial charge in [0.2, 0.25) is 0 Å². The highest BCUT2D eigenvalue weighted by Crippen LogP contribution is 2.37. The molecule has 1 aliphatic rings. The van der Waals surface area contributed by atoms with E-state index in [1.165, 1.54) is 45.6 Å². The molecule has 1 fully saturated rings. The van der Waals surface area contributed by atoms with Crippen LogP contribution in [0.25, 0.3) is 22.2 Å². The van der Waals surface area contributed by atoms with E-state index in [1.54, 1.807) is 0 Å². The normalized spacial score (nSPS) is 14.3. The van der Waals surface area contributed by atoms with Gasteiger partial charge in [0, 0.05) is 45.5 Å². The van der Waals surface area contributed by atoms with E-state index in [9.17, 15) is 5.26 Å². The van der Waals surface area contributed by atoms with Crippen molar-refractivity contribution in [2.45, 2.75) is 51.4 Å². The number of nitrogens with zero attached hydrogens (tertiary/aromatic N) is 4. The number of nitriles is 1. The predicted octanol–water partition coefficient (Wildman–Crippen LogP) is 9.38. The maximum atomic E-state index is 9.31. The minimum atomic E-state index is 0.540. The Bertz CT molecular complexity index is 1720. The quantitative estimate of drug-likeness (QED) is 0.148. The van der Waals surface area contributed by atoms with Crippen LogP contribution in [0.5, 0.6) is 11.5 Å². The summed E-state index contributed by atoms with van der Waals surface area (Å²) in [5.74, 6) is 2.11. The van der Waals surface area contributed by atoms with Crippen molar-refractivity contribution >= 4 is 33.8 Å². The predicted molar refractivity (Wildman–Crippen MR) is 177 cm³/mol. The average molecular weight is 609 g/mol. The summed E-state index contributed by atoms with van der Waals surface area (Å²) in [7, 11) is 2.09. The summed E-state index contributed by atoms with van der Waals surface area (Å²) in [6.07, 6.45) is 8.97. The number of aryl methyl sites for hydroxylation is 3. The molecule has 0 bridgehead atoms. The minimum absolute atomic E-state index is 0.540. The van der Waals surface area contributed by atoms with Crippen molar-refractivity contribution in [3.63, 3.8) is 0 Å². The summed E-state index contributed by atoms with van der Waals surface area (Å²) < 4.78 is 8.16. The van der Waals surface area contributed by atoms with Crippen molar-refractivity contribution in [1.29, 1.82) is 5.26 Å². The van der Waals surface area contributed by atoms with Crippen molar-refractivity contribution in [3.05, 3.63) is 99.0 Å². The Hall–Kier alpha value is -3.63. The van der Waals surface area contributed by atoms with Crippen molar-refractivity contribution in [1.82, 2.24) is 14.5 Å². The Morgan fingerprint density at radius 1 is 1.00 bits per heavy atom. The Morgan fingerprint density at radius 2 is 1.72 bits per heavy atom. The summed E-state index contributed by atoms with van der Waals surface area (Å²) in [6, 6.07) is 24.0. The van der Waals surface area contributed by atoms with Crippen LogP contribution >= 0.6 is 22.9 Å². The molecule has 220 valence electrons. The molecule has 0 saturated carbocycles. The monoisotopic (exact) mass is 608 g/mol. The molecule has 3 aromatic carbocycles. The van der Waals surface area contributed by atoms with Gasteiger partial charge < -0.3 is 14.2 Å². The van der Waals surface area contributed by atoms with Gasteiger partial charge in [-0.3, -0.25) is 0 Å². The molecular weight excluding hydrogens is 572 g/mol. The van der Waals surface area contributed by atoms with Gasteiger partial charge in [0.1, 0.15) is 11.5 Å². The van der Waals surface area contributed by atoms with Gasteiger partial charge in [0.15, 0.2) is 0 Å². The first-order valence-electron chi connectivity index (χ1n) is 15.2. The summed E-state index contributed by atoms with van der Waals surface area (Å²) in [4.78, 5) is 9.18. The van der Waals surface area contributed by atoms with Crippen LogP contribution in [0.15, 0.2) is 72.9 Å². The summed E-state index contributed by atoms with van der Waals surface area (Å²) >= 11 is 7.89. The third-order valence-corrected chi connectivity index (χ3v) is 10.1. The molecule has 7 heteroatoms. The fraction of sp³-hybridized carbons (Fsp3) is 0.333. The van der Waals surface area contributed by atoms with E-state index >= 15 is 0 Å². The second-order valence-corrected chi connectivity index (χ2v) is 13.0. The van der Waals surface area contributed by atoms with Gasteiger partial charge >= 0.3 is 0 Å². The van der Waals surface area contributed by atoms with Crippen molar-refractivity contribution in [3.8, 4) is 28.8 Å². The van der Waals surface area contributed by atoms with Gasteiger partial charge in [0.05, 0.1) is 22.3 Å². The van der Waals surface area contributed by atoms with Crippen molar-refractivity contribution in [2.75, 3.05) is 19.6 Å². The van der Waals surface area contributed by atoms with Crippen LogP contribution in [-0.4, -0.2) is 34.1 Å². The van der Waals surface area contributed by atoms with Crippen LogP contribution in [0.4, 0.5) is 0 Å². The molecule has 0 N–H and O–H groups in total. The zero-order chi connectivity index (χ0) is 29.8. The number of hydrogen-bond donors (Lipinski definition) is 0. The number of unbranched alkanes of at least 4 members (excludes halogenated alkanes) is 1. The van der Waals surface area contributed by atoms with Crippen LogP contribution in [-0.2, 0) is 19.9 Å². The molecule has 0 unspecified atom stereocenters. The number of aromatic nitrogens is 2. The molecule has 43 heavy (non-hydrogen) atoms. The molecule has 6 rings (SSSR count). The molecule has 0 aliphatic carbocycles. The Kier molecular flexibility index (Phi) is 9.14. The van der Waals surface area contributed by atoms with E-state index in [-0.39, 0.29) is 0 Å². The number of hydrogen-bond acceptors (Lipinski definition) is 5. The maximum absolute atomic E-state index is 9.31. The second kappa shape index (κ2) is 13.3. The van der Waals surface area contributed by atoms with Crippen molar-refractivity contribution < 1.29 is 4.74 Å². The Labute approximate surface area is 263 Å². The third kappa shape index (κ3) is 6.80. The van der Waals surface area contributed by atoms with E-state index in [2.05, 4.69) is 53.9 Å². The van der Waals surface area contributed by atoms with Crippen LogP contribution in [0, 0.1) is 11.3 Å². The minimum Gasteiger partial charge on any atom is -0.457 e. The molecule has 0 amide bonds. The van der Waals surface area contributed by atoms with Gasteiger partial charge in [-0.2, -0.15) is 5.26 Å². The van der Waals surface area contributed by atoms with Gasteiger partial charge in [0.25, 0.3) is 0 Å². The van der Waals surface area contributed by atoms with Crippen LogP contribution < -0.4 is 4.74 Å². The molecule has 5 aromatic rings. The molecule has 5 nitrogen and oxygen atoms in total. The molecule has 0 spiro atoms. The van der Waals surface area contributed by atoms with Crippen LogP contribution in [0.1, 0.15) is 59.5 Å². The number of thiazole rings is 1. The molecule has 1 aliphatic heterocycles. The zero-order valence-corrected chi connectivity index (χ0v) is 26.4. The molecule has 1 saturated heterocycles. The molecule has 0 atom stereocenters. The lowest BCUT2D eigenvalue weighted by Crippen LogP contribution is -2.33. The molecular formula is C36H37ClN4OS. The molecule has 2 aromatic heterocycles. The van der Waals surface area contributed by atoms with E-state index in [0.29, 0.717) is 10.9 Å². The fourth-order valence-corrected chi connectivity index (χ4v) is 7.45. The van der Waals surface area contributed by atoms with E-state index < -0.39 is 0 Å². The summed E-state index contributed by atoms with van der Waals surface area (Å²) in [5, 5.41) is 12.5. The number of rotatable bonds is 10. The van der Waals surface area contributed by atoms with E-state index in [4.69, 9.17) is 21.3 Å². The Balaban J connectivity index is 1.01.